The fourth-order valence-corrected chi connectivity index (χ4v) is 2.24. The number of carboxylic acid groups (broad SMARTS) is 1. The van der Waals surface area contributed by atoms with Crippen molar-refractivity contribution in [1.29, 1.82) is 0 Å². The van der Waals surface area contributed by atoms with Crippen LogP contribution >= 0.6 is 0 Å². The molecular formula is C15H20N2O2. The number of amidine groups is 1. The van der Waals surface area contributed by atoms with Crippen molar-refractivity contribution in [3.8, 4) is 0 Å². The molecule has 4 nitrogen and oxygen atoms in total. The molecule has 1 aromatic rings. The highest BCUT2D eigenvalue weighted by molar-refractivity contribution is 5.87. The number of hydrogen-bond donors (Lipinski definition) is 2. The van der Waals surface area contributed by atoms with E-state index in [9.17, 15) is 9.90 Å². The van der Waals surface area contributed by atoms with Crippen LogP contribution in [-0.2, 0) is 11.2 Å². The van der Waals surface area contributed by atoms with E-state index >= 15 is 0 Å². The van der Waals surface area contributed by atoms with E-state index in [4.69, 9.17) is 0 Å². The molecule has 0 aromatic heterocycles. The molecule has 1 aliphatic rings. The van der Waals surface area contributed by atoms with Gasteiger partial charge in [-0.05, 0) is 18.4 Å². The first-order valence-corrected chi connectivity index (χ1v) is 6.82. The highest BCUT2D eigenvalue weighted by atomic mass is 16.4. The quantitative estimate of drug-likeness (QED) is 0.872. The van der Waals surface area contributed by atoms with Crippen LogP contribution in [0.3, 0.4) is 0 Å². The lowest BCUT2D eigenvalue weighted by molar-refractivity contribution is -0.139. The van der Waals surface area contributed by atoms with Gasteiger partial charge in [0.1, 0.15) is 6.04 Å². The molecule has 19 heavy (non-hydrogen) atoms. The van der Waals surface area contributed by atoms with Crippen molar-refractivity contribution in [3.05, 3.63) is 35.9 Å². The highest BCUT2D eigenvalue weighted by Gasteiger charge is 2.19. The van der Waals surface area contributed by atoms with Crippen molar-refractivity contribution < 1.29 is 9.90 Å². The molecule has 0 bridgehead atoms. The highest BCUT2D eigenvalue weighted by Crippen LogP contribution is 2.08. The van der Waals surface area contributed by atoms with Crippen LogP contribution in [0, 0.1) is 0 Å². The van der Waals surface area contributed by atoms with Gasteiger partial charge in [0, 0.05) is 19.4 Å². The first kappa shape index (κ1) is 13.6. The number of rotatable bonds is 4. The number of aliphatic imine (C=N–C) groups is 1. The van der Waals surface area contributed by atoms with E-state index in [1.807, 2.05) is 30.3 Å². The minimum atomic E-state index is -0.823. The monoisotopic (exact) mass is 260 g/mol. The molecule has 1 aromatic carbocycles. The Bertz CT molecular complexity index is 443. The summed E-state index contributed by atoms with van der Waals surface area (Å²) in [6.45, 7) is 0.806. The minimum absolute atomic E-state index is 0.481. The summed E-state index contributed by atoms with van der Waals surface area (Å²) in [7, 11) is 0. The fraction of sp³-hybridized carbons (Fsp3) is 0.467. The number of carbonyl (C=O) groups is 1. The first-order chi connectivity index (χ1) is 9.25. The molecule has 0 aliphatic carbocycles. The van der Waals surface area contributed by atoms with E-state index in [1.54, 1.807) is 0 Å². The standard InChI is InChI=1S/C15H20N2O2/c18-15(19)13(11-12-7-3-1-4-8-12)17-14-9-5-2-6-10-16-14/h1,3-4,7-8,13H,2,5-6,9-11H2,(H,16,17)(H,18,19). The summed E-state index contributed by atoms with van der Waals surface area (Å²) in [5, 5.41) is 12.4. The second-order valence-corrected chi connectivity index (χ2v) is 4.86. The lowest BCUT2D eigenvalue weighted by Crippen LogP contribution is -2.42. The summed E-state index contributed by atoms with van der Waals surface area (Å²) in [5.41, 5.74) is 1.02. The molecule has 1 aliphatic heterocycles. The van der Waals surface area contributed by atoms with E-state index in [1.165, 1.54) is 6.42 Å². The number of carboxylic acids is 1. The lowest BCUT2D eigenvalue weighted by Gasteiger charge is -2.17. The third-order valence-corrected chi connectivity index (χ3v) is 3.30. The summed E-state index contributed by atoms with van der Waals surface area (Å²) in [4.78, 5) is 15.8. The largest absolute Gasteiger partial charge is 0.480 e. The Morgan fingerprint density at radius 3 is 2.79 bits per heavy atom. The summed E-state index contributed by atoms with van der Waals surface area (Å²) < 4.78 is 0. The number of hydrogen-bond acceptors (Lipinski definition) is 3. The Balaban J connectivity index is 2.00. The Labute approximate surface area is 113 Å². The maximum absolute atomic E-state index is 11.3. The zero-order chi connectivity index (χ0) is 13.5. The molecule has 0 amide bonds. The van der Waals surface area contributed by atoms with Gasteiger partial charge in [0.15, 0.2) is 0 Å². The molecule has 0 spiro atoms. The van der Waals surface area contributed by atoms with Gasteiger partial charge in [0.25, 0.3) is 0 Å². The van der Waals surface area contributed by atoms with Crippen LogP contribution in [-0.4, -0.2) is 29.5 Å². The van der Waals surface area contributed by atoms with E-state index in [-0.39, 0.29) is 0 Å². The van der Waals surface area contributed by atoms with Crippen molar-refractivity contribution in [1.82, 2.24) is 5.32 Å². The van der Waals surface area contributed by atoms with Crippen LogP contribution in [0.15, 0.2) is 35.3 Å². The first-order valence-electron chi connectivity index (χ1n) is 6.82. The van der Waals surface area contributed by atoms with Gasteiger partial charge in [0.05, 0.1) is 5.84 Å². The fourth-order valence-electron chi connectivity index (χ4n) is 2.24. The van der Waals surface area contributed by atoms with Crippen molar-refractivity contribution in [2.75, 3.05) is 6.54 Å². The molecule has 0 radical (unpaired) electrons. The summed E-state index contributed by atoms with van der Waals surface area (Å²) >= 11 is 0. The minimum Gasteiger partial charge on any atom is -0.480 e. The third-order valence-electron chi connectivity index (χ3n) is 3.30. The molecule has 1 heterocycles. The van der Waals surface area contributed by atoms with Gasteiger partial charge in [-0.3, -0.25) is 4.99 Å². The van der Waals surface area contributed by atoms with Crippen LogP contribution in [0.5, 0.6) is 0 Å². The van der Waals surface area contributed by atoms with E-state index in [0.29, 0.717) is 6.42 Å². The number of nitrogens with zero attached hydrogens (tertiary/aromatic N) is 1. The van der Waals surface area contributed by atoms with Crippen LogP contribution < -0.4 is 5.32 Å². The second kappa shape index (κ2) is 6.92. The van der Waals surface area contributed by atoms with Gasteiger partial charge in [0.2, 0.25) is 0 Å². The molecular weight excluding hydrogens is 240 g/mol. The molecule has 4 heteroatoms. The van der Waals surface area contributed by atoms with Crippen molar-refractivity contribution in [2.24, 2.45) is 4.99 Å². The predicted molar refractivity (Wildman–Crippen MR) is 75.5 cm³/mol. The molecule has 1 atom stereocenters. The van der Waals surface area contributed by atoms with Gasteiger partial charge < -0.3 is 10.4 Å². The van der Waals surface area contributed by atoms with Crippen molar-refractivity contribution in [3.63, 3.8) is 0 Å². The van der Waals surface area contributed by atoms with Crippen LogP contribution in [0.4, 0.5) is 0 Å². The van der Waals surface area contributed by atoms with Gasteiger partial charge in [-0.2, -0.15) is 0 Å². The van der Waals surface area contributed by atoms with E-state index in [2.05, 4.69) is 10.3 Å². The smallest absolute Gasteiger partial charge is 0.326 e. The van der Waals surface area contributed by atoms with Crippen LogP contribution in [0.2, 0.25) is 0 Å². The average molecular weight is 260 g/mol. The predicted octanol–water partition coefficient (Wildman–Crippen LogP) is 2.24. The molecule has 2 rings (SSSR count). The Kier molecular flexibility index (Phi) is 4.95. The third kappa shape index (κ3) is 4.39. The van der Waals surface area contributed by atoms with E-state index in [0.717, 1.165) is 37.2 Å². The van der Waals surface area contributed by atoms with Crippen molar-refractivity contribution >= 4 is 11.8 Å². The van der Waals surface area contributed by atoms with Gasteiger partial charge in [-0.25, -0.2) is 4.79 Å². The molecule has 2 N–H and O–H groups in total. The Morgan fingerprint density at radius 2 is 2.05 bits per heavy atom. The zero-order valence-corrected chi connectivity index (χ0v) is 11.0. The van der Waals surface area contributed by atoms with Gasteiger partial charge in [-0.1, -0.05) is 36.8 Å². The number of benzene rings is 1. The maximum Gasteiger partial charge on any atom is 0.326 e. The maximum atomic E-state index is 11.3. The number of aliphatic carboxylic acids is 1. The Hall–Kier alpha value is -1.84. The SMILES string of the molecule is O=C(O)C(Cc1ccccc1)NC1=NCCCCC1. The van der Waals surface area contributed by atoms with E-state index < -0.39 is 12.0 Å². The van der Waals surface area contributed by atoms with Crippen molar-refractivity contribution in [2.45, 2.75) is 38.1 Å². The van der Waals surface area contributed by atoms with Gasteiger partial charge >= 0.3 is 5.97 Å². The van der Waals surface area contributed by atoms with Gasteiger partial charge in [-0.15, -0.1) is 0 Å². The summed E-state index contributed by atoms with van der Waals surface area (Å²) in [5.74, 6) is 0.0247. The lowest BCUT2D eigenvalue weighted by atomic mass is 10.1. The molecule has 0 saturated heterocycles. The van der Waals surface area contributed by atoms with Crippen LogP contribution in [0.1, 0.15) is 31.2 Å². The molecule has 0 fully saturated rings. The topological polar surface area (TPSA) is 61.7 Å². The zero-order valence-electron chi connectivity index (χ0n) is 11.0. The molecule has 1 unspecified atom stereocenters. The molecule has 102 valence electrons. The molecule has 0 saturated carbocycles. The summed E-state index contributed by atoms with van der Waals surface area (Å²) in [6, 6.07) is 9.09. The van der Waals surface area contributed by atoms with Crippen LogP contribution in [0.25, 0.3) is 0 Å². The number of nitrogens with one attached hydrogen (secondary N) is 1. The Morgan fingerprint density at radius 1 is 1.26 bits per heavy atom. The second-order valence-electron chi connectivity index (χ2n) is 4.86. The summed E-state index contributed by atoms with van der Waals surface area (Å²) in [6.07, 6.45) is 4.70. The average Bonchev–Trinajstić information content (AvgIpc) is 2.68. The normalized spacial score (nSPS) is 17.2.